The molecule has 1 saturated heterocycles. The Bertz CT molecular complexity index is 610. The Labute approximate surface area is 128 Å². The van der Waals surface area contributed by atoms with Crippen LogP contribution in [0.3, 0.4) is 0 Å². The van der Waals surface area contributed by atoms with Crippen LogP contribution in [-0.4, -0.2) is 32.1 Å². The molecule has 1 aliphatic heterocycles. The molecule has 112 valence electrons. The van der Waals surface area contributed by atoms with Crippen molar-refractivity contribution in [2.45, 2.75) is 26.3 Å². The monoisotopic (exact) mass is 282 g/mol. The Balaban J connectivity index is 1.91. The molecule has 0 radical (unpaired) electrons. The molecule has 0 saturated carbocycles. The Morgan fingerprint density at radius 1 is 1.00 bits per heavy atom. The fraction of sp³-hybridized carbons (Fsp3) is 0.474. The van der Waals surface area contributed by atoms with Crippen LogP contribution in [0.15, 0.2) is 36.4 Å². The fourth-order valence-corrected chi connectivity index (χ4v) is 3.33. The lowest BCUT2D eigenvalue weighted by Crippen LogP contribution is -2.32. The smallest absolute Gasteiger partial charge is 0.0440 e. The van der Waals surface area contributed by atoms with Gasteiger partial charge in [0.25, 0.3) is 0 Å². The third-order valence-corrected chi connectivity index (χ3v) is 4.74. The van der Waals surface area contributed by atoms with E-state index in [-0.39, 0.29) is 0 Å². The molecule has 21 heavy (non-hydrogen) atoms. The minimum atomic E-state index is 0.897. The Kier molecular flexibility index (Phi) is 4.16. The molecule has 0 N–H and O–H groups in total. The number of likely N-dealkylation sites (tertiary alicyclic amines) is 1. The molecule has 2 aromatic carbocycles. The van der Waals surface area contributed by atoms with Gasteiger partial charge in [-0.2, -0.15) is 0 Å². The Morgan fingerprint density at radius 3 is 2.33 bits per heavy atom. The predicted molar refractivity (Wildman–Crippen MR) is 92.0 cm³/mol. The zero-order chi connectivity index (χ0) is 14.8. The highest BCUT2D eigenvalue weighted by Gasteiger charge is 2.17. The van der Waals surface area contributed by atoms with Crippen LogP contribution in [0.1, 0.15) is 25.3 Å². The minimum Gasteiger partial charge on any atom is -0.377 e. The second kappa shape index (κ2) is 6.07. The number of nitrogens with zero attached hydrogens (tertiary/aromatic N) is 2. The van der Waals surface area contributed by atoms with E-state index in [1.807, 2.05) is 0 Å². The zero-order valence-corrected chi connectivity index (χ0v) is 13.5. The highest BCUT2D eigenvalue weighted by atomic mass is 15.1. The fourth-order valence-electron chi connectivity index (χ4n) is 3.33. The van der Waals surface area contributed by atoms with E-state index in [0.717, 1.165) is 12.5 Å². The normalized spacial score (nSPS) is 17.3. The first-order valence-corrected chi connectivity index (χ1v) is 8.05. The summed E-state index contributed by atoms with van der Waals surface area (Å²) >= 11 is 0. The van der Waals surface area contributed by atoms with E-state index < -0.39 is 0 Å². The highest BCUT2D eigenvalue weighted by Crippen LogP contribution is 2.29. The molecule has 0 atom stereocenters. The first-order valence-electron chi connectivity index (χ1n) is 8.05. The molecule has 0 aromatic heterocycles. The lowest BCUT2D eigenvalue weighted by Gasteiger charge is -2.30. The maximum absolute atomic E-state index is 2.61. The average molecular weight is 282 g/mol. The van der Waals surface area contributed by atoms with Gasteiger partial charge in [0.05, 0.1) is 0 Å². The van der Waals surface area contributed by atoms with Crippen LogP contribution in [0, 0.1) is 5.92 Å². The summed E-state index contributed by atoms with van der Waals surface area (Å²) in [6.07, 6.45) is 2.68. The first-order chi connectivity index (χ1) is 10.1. The van der Waals surface area contributed by atoms with E-state index in [1.165, 1.54) is 48.0 Å². The van der Waals surface area contributed by atoms with Crippen LogP contribution in [-0.2, 0) is 6.54 Å². The maximum Gasteiger partial charge on any atom is 0.0440 e. The molecule has 2 heteroatoms. The number of anilines is 1. The summed E-state index contributed by atoms with van der Waals surface area (Å²) in [6, 6.07) is 13.4. The van der Waals surface area contributed by atoms with E-state index in [4.69, 9.17) is 0 Å². The maximum atomic E-state index is 2.61. The van der Waals surface area contributed by atoms with E-state index >= 15 is 0 Å². The molecule has 2 aromatic rings. The number of fused-ring (bicyclic) bond motifs is 1. The van der Waals surface area contributed by atoms with Crippen LogP contribution in [0.5, 0.6) is 0 Å². The van der Waals surface area contributed by atoms with Gasteiger partial charge < -0.3 is 4.90 Å². The van der Waals surface area contributed by atoms with Gasteiger partial charge in [-0.15, -0.1) is 0 Å². The average Bonchev–Trinajstić information content (AvgIpc) is 2.49. The molecule has 1 aliphatic rings. The van der Waals surface area contributed by atoms with Crippen LogP contribution in [0.25, 0.3) is 10.8 Å². The summed E-state index contributed by atoms with van der Waals surface area (Å²) in [5, 5.41) is 2.77. The van der Waals surface area contributed by atoms with E-state index in [1.54, 1.807) is 0 Å². The van der Waals surface area contributed by atoms with Crippen molar-refractivity contribution in [2.75, 3.05) is 32.1 Å². The Hall–Kier alpha value is -1.54. The molecule has 0 bridgehead atoms. The topological polar surface area (TPSA) is 6.48 Å². The molecule has 1 heterocycles. The lowest BCUT2D eigenvalue weighted by atomic mass is 9.97. The van der Waals surface area contributed by atoms with E-state index in [9.17, 15) is 0 Å². The lowest BCUT2D eigenvalue weighted by molar-refractivity contribution is 0.186. The van der Waals surface area contributed by atoms with Crippen LogP contribution in [0.4, 0.5) is 5.69 Å². The van der Waals surface area contributed by atoms with E-state index in [0.29, 0.717) is 0 Å². The van der Waals surface area contributed by atoms with Gasteiger partial charge in [0.2, 0.25) is 0 Å². The molecule has 0 spiro atoms. The summed E-state index contributed by atoms with van der Waals surface area (Å²) in [6.45, 7) is 5.94. The molecule has 0 aliphatic carbocycles. The summed E-state index contributed by atoms with van der Waals surface area (Å²) in [5.74, 6) is 0.897. The van der Waals surface area contributed by atoms with Crippen molar-refractivity contribution in [1.29, 1.82) is 0 Å². The Morgan fingerprint density at radius 2 is 1.67 bits per heavy atom. The van der Waals surface area contributed by atoms with Crippen molar-refractivity contribution in [3.63, 3.8) is 0 Å². The summed E-state index contributed by atoms with van der Waals surface area (Å²) < 4.78 is 0. The number of benzene rings is 2. The minimum absolute atomic E-state index is 0.897. The van der Waals surface area contributed by atoms with Crippen LogP contribution < -0.4 is 4.90 Å². The van der Waals surface area contributed by atoms with Crippen molar-refractivity contribution >= 4 is 16.5 Å². The molecule has 0 amide bonds. The van der Waals surface area contributed by atoms with Crippen LogP contribution >= 0.6 is 0 Å². The molecular weight excluding hydrogens is 256 g/mol. The first kappa shape index (κ1) is 14.4. The summed E-state index contributed by atoms with van der Waals surface area (Å²) in [7, 11) is 4.24. The molecule has 0 unspecified atom stereocenters. The van der Waals surface area contributed by atoms with Gasteiger partial charge in [-0.25, -0.2) is 0 Å². The van der Waals surface area contributed by atoms with Crippen molar-refractivity contribution in [2.24, 2.45) is 5.92 Å². The number of hydrogen-bond donors (Lipinski definition) is 0. The van der Waals surface area contributed by atoms with Gasteiger partial charge in [-0.3, -0.25) is 4.90 Å². The molecule has 1 fully saturated rings. The van der Waals surface area contributed by atoms with Crippen molar-refractivity contribution in [3.8, 4) is 0 Å². The second-order valence-electron chi connectivity index (χ2n) is 6.64. The van der Waals surface area contributed by atoms with Gasteiger partial charge >= 0.3 is 0 Å². The highest BCUT2D eigenvalue weighted by molar-refractivity contribution is 5.96. The van der Waals surface area contributed by atoms with Gasteiger partial charge in [0, 0.05) is 31.7 Å². The van der Waals surface area contributed by atoms with Crippen molar-refractivity contribution < 1.29 is 0 Å². The van der Waals surface area contributed by atoms with Gasteiger partial charge in [0.1, 0.15) is 0 Å². The number of piperidine rings is 1. The molecular formula is C19H26N2. The third kappa shape index (κ3) is 3.06. The largest absolute Gasteiger partial charge is 0.377 e. The third-order valence-electron chi connectivity index (χ3n) is 4.74. The zero-order valence-electron chi connectivity index (χ0n) is 13.5. The summed E-state index contributed by atoms with van der Waals surface area (Å²) in [5.41, 5.74) is 2.77. The standard InChI is InChI=1S/C19H26N2/c1-15-10-12-21(13-11-15)14-16-8-9-19(20(2)3)18-7-5-4-6-17(16)18/h4-9,15H,10-14H2,1-3H3. The summed E-state index contributed by atoms with van der Waals surface area (Å²) in [4.78, 5) is 4.81. The van der Waals surface area contributed by atoms with Crippen molar-refractivity contribution in [3.05, 3.63) is 42.0 Å². The van der Waals surface area contributed by atoms with Gasteiger partial charge in [-0.1, -0.05) is 37.3 Å². The second-order valence-corrected chi connectivity index (χ2v) is 6.64. The van der Waals surface area contributed by atoms with Gasteiger partial charge in [0.15, 0.2) is 0 Å². The van der Waals surface area contributed by atoms with Crippen molar-refractivity contribution in [1.82, 2.24) is 4.90 Å². The quantitative estimate of drug-likeness (QED) is 0.835. The van der Waals surface area contributed by atoms with E-state index in [2.05, 4.69) is 67.2 Å². The molecule has 3 rings (SSSR count). The number of rotatable bonds is 3. The SMILES string of the molecule is CC1CCN(Cc2ccc(N(C)C)c3ccccc23)CC1. The predicted octanol–water partition coefficient (Wildman–Crippen LogP) is 4.14. The number of hydrogen-bond acceptors (Lipinski definition) is 2. The van der Waals surface area contributed by atoms with Gasteiger partial charge in [-0.05, 0) is 48.9 Å². The molecule has 2 nitrogen and oxygen atoms in total. The van der Waals surface area contributed by atoms with Crippen LogP contribution in [0.2, 0.25) is 0 Å².